The highest BCUT2D eigenvalue weighted by molar-refractivity contribution is 5.87. The number of aromatic amines is 2. The Morgan fingerprint density at radius 1 is 0.685 bits per heavy atom. The summed E-state index contributed by atoms with van der Waals surface area (Å²) >= 11 is 0. The van der Waals surface area contributed by atoms with E-state index >= 15 is 0 Å². The molecule has 6 rings (SSSR count). The van der Waals surface area contributed by atoms with E-state index in [0.29, 0.717) is 24.9 Å². The summed E-state index contributed by atoms with van der Waals surface area (Å²) in [5.41, 5.74) is 4.40. The molecule has 292 valence electrons. The second-order valence-electron chi connectivity index (χ2n) is 15.7. The normalized spacial score (nSPS) is 22.7. The molecular formula is C40H56N8O6. The minimum atomic E-state index is -0.672. The van der Waals surface area contributed by atoms with Gasteiger partial charge >= 0.3 is 12.2 Å². The van der Waals surface area contributed by atoms with E-state index in [1.54, 1.807) is 0 Å². The van der Waals surface area contributed by atoms with Gasteiger partial charge in [-0.25, -0.2) is 19.6 Å². The van der Waals surface area contributed by atoms with Crippen LogP contribution in [0, 0.1) is 11.8 Å². The van der Waals surface area contributed by atoms with Gasteiger partial charge in [-0.3, -0.25) is 9.59 Å². The first kappa shape index (κ1) is 38.8. The molecular weight excluding hydrogens is 688 g/mol. The van der Waals surface area contributed by atoms with Crippen LogP contribution in [0.3, 0.4) is 0 Å². The largest absolute Gasteiger partial charge is 0.453 e. The lowest BCUT2D eigenvalue weighted by molar-refractivity contribution is -0.136. The fourth-order valence-corrected chi connectivity index (χ4v) is 8.44. The number of benzene rings is 1. The van der Waals surface area contributed by atoms with Crippen LogP contribution >= 0.6 is 0 Å². The summed E-state index contributed by atoms with van der Waals surface area (Å²) in [5, 5.41) is 5.42. The van der Waals surface area contributed by atoms with E-state index in [4.69, 9.17) is 19.4 Å². The lowest BCUT2D eigenvalue weighted by Crippen LogP contribution is -2.51. The van der Waals surface area contributed by atoms with Gasteiger partial charge in [0, 0.05) is 30.9 Å². The second kappa shape index (κ2) is 17.1. The molecule has 0 spiro atoms. The number of H-pyrrole nitrogens is 2. The van der Waals surface area contributed by atoms with E-state index in [0.717, 1.165) is 80.0 Å². The monoisotopic (exact) mass is 744 g/mol. The van der Waals surface area contributed by atoms with Crippen molar-refractivity contribution in [1.82, 2.24) is 40.4 Å². The Bertz CT molecular complexity index is 1760. The summed E-state index contributed by atoms with van der Waals surface area (Å²) in [4.78, 5) is 71.2. The third-order valence-corrected chi connectivity index (χ3v) is 11.6. The van der Waals surface area contributed by atoms with Gasteiger partial charge in [-0.05, 0) is 80.2 Å². The van der Waals surface area contributed by atoms with Crippen molar-refractivity contribution in [3.05, 3.63) is 59.6 Å². The van der Waals surface area contributed by atoms with Crippen molar-refractivity contribution in [3.63, 3.8) is 0 Å². The first-order chi connectivity index (χ1) is 26.0. The maximum absolute atomic E-state index is 13.5. The van der Waals surface area contributed by atoms with Crippen LogP contribution in [0.2, 0.25) is 0 Å². The first-order valence-corrected chi connectivity index (χ1v) is 19.5. The predicted molar refractivity (Wildman–Crippen MR) is 202 cm³/mol. The number of methoxy groups -OCH3 is 2. The molecule has 2 saturated heterocycles. The van der Waals surface area contributed by atoms with E-state index in [9.17, 15) is 19.2 Å². The van der Waals surface area contributed by atoms with Crippen LogP contribution in [-0.4, -0.2) is 93.1 Å². The van der Waals surface area contributed by atoms with Crippen molar-refractivity contribution >= 4 is 24.0 Å². The van der Waals surface area contributed by atoms with Crippen LogP contribution in [0.25, 0.3) is 11.3 Å². The molecule has 4 atom stereocenters. The van der Waals surface area contributed by atoms with E-state index in [1.807, 2.05) is 49.9 Å². The van der Waals surface area contributed by atoms with Gasteiger partial charge in [0.2, 0.25) is 11.8 Å². The topological polar surface area (TPSA) is 175 Å². The zero-order valence-corrected chi connectivity index (χ0v) is 32.4. The fraction of sp³-hybridized carbons (Fsp3) is 0.600. The Balaban J connectivity index is 1.04. The van der Waals surface area contributed by atoms with Crippen LogP contribution in [0.5, 0.6) is 0 Å². The van der Waals surface area contributed by atoms with Crippen molar-refractivity contribution in [2.45, 2.75) is 115 Å². The van der Waals surface area contributed by atoms with Gasteiger partial charge in [0.25, 0.3) is 0 Å². The Kier molecular flexibility index (Phi) is 12.3. The minimum Gasteiger partial charge on any atom is -0.453 e. The van der Waals surface area contributed by atoms with Gasteiger partial charge < -0.3 is 39.9 Å². The molecule has 0 bridgehead atoms. The molecule has 54 heavy (non-hydrogen) atoms. The number of aromatic nitrogens is 4. The van der Waals surface area contributed by atoms with Crippen molar-refractivity contribution in [3.8, 4) is 11.3 Å². The summed E-state index contributed by atoms with van der Waals surface area (Å²) in [6.45, 7) is 8.90. The molecule has 4 unspecified atom stereocenters. The van der Waals surface area contributed by atoms with Gasteiger partial charge in [0.05, 0.1) is 38.2 Å². The maximum Gasteiger partial charge on any atom is 0.407 e. The van der Waals surface area contributed by atoms with Crippen LogP contribution in [0.1, 0.15) is 126 Å². The Hall–Kier alpha value is -4.88. The minimum absolute atomic E-state index is 0.0794. The number of carbonyl (C=O) groups excluding carboxylic acids is 4. The van der Waals surface area contributed by atoms with Crippen LogP contribution in [0.4, 0.5) is 9.59 Å². The number of nitrogens with zero attached hydrogens (tertiary/aromatic N) is 4. The molecule has 4 amide bonds. The molecule has 0 radical (unpaired) electrons. The van der Waals surface area contributed by atoms with Gasteiger partial charge in [-0.1, -0.05) is 52.0 Å². The van der Waals surface area contributed by atoms with Crippen LogP contribution in [-0.2, 0) is 19.1 Å². The van der Waals surface area contributed by atoms with Gasteiger partial charge in [-0.15, -0.1) is 0 Å². The molecule has 1 saturated carbocycles. The SMILES string of the molecule is COC(=O)NC(C(=O)N1CCCC1c1ncc(-c2ccc(C3CCC(c4cnc(C5CCCN5C(=O)C(NC(=O)OC)C(C)C)[nH]4)CC3)cc2)[nH]1)C(C)C. The van der Waals surface area contributed by atoms with Gasteiger partial charge in [-0.2, -0.15) is 0 Å². The van der Waals surface area contributed by atoms with Crippen LogP contribution in [0.15, 0.2) is 36.7 Å². The zero-order chi connectivity index (χ0) is 38.5. The van der Waals surface area contributed by atoms with Gasteiger partial charge in [0.15, 0.2) is 0 Å². The molecule has 3 aliphatic rings. The summed E-state index contributed by atoms with van der Waals surface area (Å²) in [7, 11) is 2.60. The average molecular weight is 745 g/mol. The third-order valence-electron chi connectivity index (χ3n) is 11.6. The fourth-order valence-electron chi connectivity index (χ4n) is 8.44. The standard InChI is InChI=1S/C40H56N8O6/c1-23(2)33(45-39(51)53-5)37(49)47-19-7-9-31(47)35-41-21-29(43-35)27-15-11-25(12-16-27)26-13-17-28(18-14-26)30-22-42-36(44-30)32-10-8-20-48(32)38(50)34(24(3)4)46-40(52)54-6/h11-12,15-16,21-24,26,28,31-34H,7-10,13-14,17-20H2,1-6H3,(H,41,43)(H,42,44)(H,45,51)(H,46,52). The summed E-state index contributed by atoms with van der Waals surface area (Å²) < 4.78 is 9.53. The predicted octanol–water partition coefficient (Wildman–Crippen LogP) is 6.33. The highest BCUT2D eigenvalue weighted by Crippen LogP contribution is 2.41. The third kappa shape index (κ3) is 8.42. The van der Waals surface area contributed by atoms with Gasteiger partial charge in [0.1, 0.15) is 23.7 Å². The second-order valence-corrected chi connectivity index (χ2v) is 15.7. The molecule has 3 fully saturated rings. The number of nitrogens with one attached hydrogen (secondary N) is 4. The van der Waals surface area contributed by atoms with E-state index in [-0.39, 0.29) is 35.7 Å². The van der Waals surface area contributed by atoms with Crippen LogP contribution < -0.4 is 10.6 Å². The summed E-state index contributed by atoms with van der Waals surface area (Å²) in [6, 6.07) is 7.08. The lowest BCUT2D eigenvalue weighted by atomic mass is 9.77. The molecule has 2 aromatic heterocycles. The van der Waals surface area contributed by atoms with Crippen molar-refractivity contribution in [1.29, 1.82) is 0 Å². The number of carbonyl (C=O) groups is 4. The summed E-state index contributed by atoms with van der Waals surface area (Å²) in [5.74, 6) is 2.03. The highest BCUT2D eigenvalue weighted by Gasteiger charge is 2.39. The molecule has 4 N–H and O–H groups in total. The number of likely N-dealkylation sites (tertiary alicyclic amines) is 2. The average Bonchev–Trinajstić information content (AvgIpc) is 4.02. The highest BCUT2D eigenvalue weighted by atomic mass is 16.5. The number of ether oxygens (including phenoxy) is 2. The number of hydrogen-bond donors (Lipinski definition) is 4. The quantitative estimate of drug-likeness (QED) is 0.176. The lowest BCUT2D eigenvalue weighted by Gasteiger charge is -2.30. The molecule has 1 aromatic carbocycles. The number of hydrogen-bond acceptors (Lipinski definition) is 8. The van der Waals surface area contributed by atoms with Crippen molar-refractivity contribution < 1.29 is 28.7 Å². The molecule has 14 nitrogen and oxygen atoms in total. The Morgan fingerprint density at radius 2 is 1.17 bits per heavy atom. The number of imidazole rings is 2. The van der Waals surface area contributed by atoms with E-state index in [1.165, 1.54) is 19.8 Å². The van der Waals surface area contributed by atoms with Crippen molar-refractivity contribution in [2.24, 2.45) is 11.8 Å². The Labute approximate surface area is 317 Å². The molecule has 1 aliphatic carbocycles. The molecule has 4 heterocycles. The zero-order valence-electron chi connectivity index (χ0n) is 32.4. The molecule has 14 heteroatoms. The van der Waals surface area contributed by atoms with E-state index < -0.39 is 24.3 Å². The number of alkyl carbamates (subject to hydrolysis) is 2. The molecule has 2 aliphatic heterocycles. The molecule has 3 aromatic rings. The first-order valence-electron chi connectivity index (χ1n) is 19.5. The van der Waals surface area contributed by atoms with E-state index in [2.05, 4.69) is 44.9 Å². The Morgan fingerprint density at radius 3 is 1.67 bits per heavy atom. The van der Waals surface area contributed by atoms with Crippen molar-refractivity contribution in [2.75, 3.05) is 27.3 Å². The number of rotatable bonds is 11. The smallest absolute Gasteiger partial charge is 0.407 e. The maximum atomic E-state index is 13.5. The number of amides is 4. The summed E-state index contributed by atoms with van der Waals surface area (Å²) in [6.07, 6.45) is 10.2.